The van der Waals surface area contributed by atoms with Gasteiger partial charge in [0.2, 0.25) is 0 Å². The zero-order valence-electron chi connectivity index (χ0n) is 12.5. The van der Waals surface area contributed by atoms with Crippen LogP contribution in [-0.4, -0.2) is 4.98 Å². The van der Waals surface area contributed by atoms with Crippen molar-refractivity contribution in [3.05, 3.63) is 76.1 Å². The molecular formula is C19H12Cl2N2S. The normalized spacial score (nSPS) is 10.9. The molecule has 5 heteroatoms. The second-order valence-corrected chi connectivity index (χ2v) is 6.99. The molecule has 0 bridgehead atoms. The van der Waals surface area contributed by atoms with E-state index in [1.807, 2.05) is 35.7 Å². The Kier molecular flexibility index (Phi) is 4.15. The first-order valence-corrected chi connectivity index (χ1v) is 9.00. The summed E-state index contributed by atoms with van der Waals surface area (Å²) in [7, 11) is 0. The van der Waals surface area contributed by atoms with E-state index in [0.717, 1.165) is 22.1 Å². The van der Waals surface area contributed by atoms with Gasteiger partial charge in [0.1, 0.15) is 0 Å². The summed E-state index contributed by atoms with van der Waals surface area (Å²) < 4.78 is 0. The molecule has 24 heavy (non-hydrogen) atoms. The Balaban J connectivity index is 1.66. The lowest BCUT2D eigenvalue weighted by atomic mass is 10.1. The van der Waals surface area contributed by atoms with E-state index in [1.165, 1.54) is 10.8 Å². The lowest BCUT2D eigenvalue weighted by Gasteiger charge is -2.07. The van der Waals surface area contributed by atoms with Gasteiger partial charge in [0, 0.05) is 22.0 Å². The Hall–Kier alpha value is -2.07. The number of nitrogens with one attached hydrogen (secondary N) is 1. The second kappa shape index (κ2) is 6.44. The zero-order chi connectivity index (χ0) is 16.5. The van der Waals surface area contributed by atoms with E-state index in [0.29, 0.717) is 10.0 Å². The van der Waals surface area contributed by atoms with Crippen LogP contribution in [0.1, 0.15) is 0 Å². The fourth-order valence-corrected chi connectivity index (χ4v) is 3.60. The highest BCUT2D eigenvalue weighted by molar-refractivity contribution is 7.14. The molecule has 0 spiro atoms. The standard InChI is InChI=1S/C19H12Cl2N2S/c20-15-9-8-13(10-16(15)21)18-11-24-19(23-18)22-17-7-3-5-12-4-1-2-6-14(12)17/h1-11H,(H,22,23). The van der Waals surface area contributed by atoms with E-state index in [4.69, 9.17) is 23.2 Å². The summed E-state index contributed by atoms with van der Waals surface area (Å²) in [6.07, 6.45) is 0. The van der Waals surface area contributed by atoms with Gasteiger partial charge < -0.3 is 5.32 Å². The average molecular weight is 371 g/mol. The predicted molar refractivity (Wildman–Crippen MR) is 105 cm³/mol. The quantitative estimate of drug-likeness (QED) is 0.419. The maximum atomic E-state index is 6.09. The number of thiazole rings is 1. The molecule has 4 rings (SSSR count). The van der Waals surface area contributed by atoms with E-state index in [2.05, 4.69) is 34.6 Å². The number of hydrogen-bond acceptors (Lipinski definition) is 3. The number of hydrogen-bond donors (Lipinski definition) is 1. The van der Waals surface area contributed by atoms with Gasteiger partial charge in [-0.3, -0.25) is 0 Å². The van der Waals surface area contributed by atoms with E-state index in [1.54, 1.807) is 17.4 Å². The number of benzene rings is 3. The molecule has 0 saturated heterocycles. The van der Waals surface area contributed by atoms with Crippen LogP contribution < -0.4 is 5.32 Å². The number of halogens is 2. The van der Waals surface area contributed by atoms with Gasteiger partial charge >= 0.3 is 0 Å². The molecular weight excluding hydrogens is 359 g/mol. The highest BCUT2D eigenvalue weighted by Gasteiger charge is 2.08. The molecule has 0 unspecified atom stereocenters. The Morgan fingerprint density at radius 1 is 0.875 bits per heavy atom. The molecule has 4 aromatic rings. The van der Waals surface area contributed by atoms with Crippen molar-refractivity contribution in [2.24, 2.45) is 0 Å². The van der Waals surface area contributed by atoms with Crippen LogP contribution in [0.25, 0.3) is 22.0 Å². The number of fused-ring (bicyclic) bond motifs is 1. The van der Waals surface area contributed by atoms with E-state index >= 15 is 0 Å². The molecule has 3 aromatic carbocycles. The third-order valence-corrected chi connectivity index (χ3v) is 5.25. The van der Waals surface area contributed by atoms with E-state index in [-0.39, 0.29) is 0 Å². The fraction of sp³-hybridized carbons (Fsp3) is 0. The van der Waals surface area contributed by atoms with Crippen molar-refractivity contribution in [1.29, 1.82) is 0 Å². The van der Waals surface area contributed by atoms with Crippen molar-refractivity contribution >= 4 is 56.1 Å². The summed E-state index contributed by atoms with van der Waals surface area (Å²) in [5.41, 5.74) is 2.87. The first kappa shape index (κ1) is 15.5. The molecule has 118 valence electrons. The van der Waals surface area contributed by atoms with Crippen molar-refractivity contribution in [2.45, 2.75) is 0 Å². The van der Waals surface area contributed by atoms with Gasteiger partial charge in [-0.25, -0.2) is 4.98 Å². The average Bonchev–Trinajstić information content (AvgIpc) is 3.06. The molecule has 0 radical (unpaired) electrons. The van der Waals surface area contributed by atoms with Crippen molar-refractivity contribution in [1.82, 2.24) is 4.98 Å². The van der Waals surface area contributed by atoms with Gasteiger partial charge in [0.15, 0.2) is 5.13 Å². The van der Waals surface area contributed by atoms with Crippen molar-refractivity contribution in [3.8, 4) is 11.3 Å². The first-order valence-electron chi connectivity index (χ1n) is 7.36. The van der Waals surface area contributed by atoms with Crippen LogP contribution >= 0.6 is 34.5 Å². The predicted octanol–water partition coefficient (Wildman–Crippen LogP) is 7.01. The van der Waals surface area contributed by atoms with Gasteiger partial charge in [-0.2, -0.15) is 0 Å². The van der Waals surface area contributed by atoms with E-state index in [9.17, 15) is 0 Å². The summed E-state index contributed by atoms with van der Waals surface area (Å²) in [6.45, 7) is 0. The van der Waals surface area contributed by atoms with Crippen LogP contribution in [0.3, 0.4) is 0 Å². The fourth-order valence-electron chi connectivity index (χ4n) is 2.57. The zero-order valence-corrected chi connectivity index (χ0v) is 14.8. The third kappa shape index (κ3) is 2.98. The topological polar surface area (TPSA) is 24.9 Å². The number of anilines is 2. The molecule has 0 aliphatic carbocycles. The Morgan fingerprint density at radius 2 is 1.71 bits per heavy atom. The molecule has 0 amide bonds. The highest BCUT2D eigenvalue weighted by atomic mass is 35.5. The van der Waals surface area contributed by atoms with Gasteiger partial charge in [-0.05, 0) is 23.6 Å². The smallest absolute Gasteiger partial charge is 0.187 e. The van der Waals surface area contributed by atoms with Crippen LogP contribution in [-0.2, 0) is 0 Å². The Labute approximate surface area is 153 Å². The number of nitrogens with zero attached hydrogens (tertiary/aromatic N) is 1. The second-order valence-electron chi connectivity index (χ2n) is 5.32. The minimum atomic E-state index is 0.533. The van der Waals surface area contributed by atoms with Gasteiger partial charge in [0.25, 0.3) is 0 Å². The maximum absolute atomic E-state index is 6.09. The summed E-state index contributed by atoms with van der Waals surface area (Å²) in [5.74, 6) is 0. The summed E-state index contributed by atoms with van der Waals surface area (Å²) >= 11 is 13.6. The summed E-state index contributed by atoms with van der Waals surface area (Å²) in [4.78, 5) is 4.66. The van der Waals surface area contributed by atoms with Crippen molar-refractivity contribution < 1.29 is 0 Å². The van der Waals surface area contributed by atoms with Gasteiger partial charge in [-0.15, -0.1) is 11.3 Å². The van der Waals surface area contributed by atoms with Crippen LogP contribution in [0.2, 0.25) is 10.0 Å². The van der Waals surface area contributed by atoms with Crippen molar-refractivity contribution in [2.75, 3.05) is 5.32 Å². The molecule has 0 saturated carbocycles. The van der Waals surface area contributed by atoms with Gasteiger partial charge in [-0.1, -0.05) is 65.7 Å². The molecule has 1 N–H and O–H groups in total. The number of aromatic nitrogens is 1. The Bertz CT molecular complexity index is 1020. The molecule has 2 nitrogen and oxygen atoms in total. The first-order chi connectivity index (χ1) is 11.7. The van der Waals surface area contributed by atoms with Crippen molar-refractivity contribution in [3.63, 3.8) is 0 Å². The maximum Gasteiger partial charge on any atom is 0.187 e. The lowest BCUT2D eigenvalue weighted by molar-refractivity contribution is 1.39. The molecule has 0 aliphatic rings. The summed E-state index contributed by atoms with van der Waals surface area (Å²) in [6, 6.07) is 20.0. The molecule has 0 fully saturated rings. The highest BCUT2D eigenvalue weighted by Crippen LogP contribution is 2.32. The molecule has 0 aliphatic heterocycles. The van der Waals surface area contributed by atoms with Crippen LogP contribution in [0.5, 0.6) is 0 Å². The molecule has 0 atom stereocenters. The number of rotatable bonds is 3. The van der Waals surface area contributed by atoms with Crippen LogP contribution in [0.4, 0.5) is 10.8 Å². The summed E-state index contributed by atoms with van der Waals surface area (Å²) in [5, 5.41) is 9.71. The largest absolute Gasteiger partial charge is 0.331 e. The monoisotopic (exact) mass is 370 g/mol. The molecule has 1 heterocycles. The van der Waals surface area contributed by atoms with Crippen LogP contribution in [0, 0.1) is 0 Å². The molecule has 1 aromatic heterocycles. The van der Waals surface area contributed by atoms with E-state index < -0.39 is 0 Å². The van der Waals surface area contributed by atoms with Gasteiger partial charge in [0.05, 0.1) is 15.7 Å². The third-order valence-electron chi connectivity index (χ3n) is 3.75. The SMILES string of the molecule is Clc1ccc(-c2csc(Nc3cccc4ccccc34)n2)cc1Cl. The Morgan fingerprint density at radius 3 is 2.58 bits per heavy atom. The lowest BCUT2D eigenvalue weighted by Crippen LogP contribution is -1.91. The minimum Gasteiger partial charge on any atom is -0.331 e. The minimum absolute atomic E-state index is 0.533. The van der Waals surface area contributed by atoms with Crippen LogP contribution in [0.15, 0.2) is 66.0 Å².